The number of carbonyl (C=O) groups is 1. The Kier molecular flexibility index (Phi) is 6.66. The van der Waals surface area contributed by atoms with E-state index in [0.29, 0.717) is 17.5 Å². The Morgan fingerprint density at radius 1 is 1.23 bits per heavy atom. The number of rotatable bonds is 7. The summed E-state index contributed by atoms with van der Waals surface area (Å²) in [6, 6.07) is 13.8. The molecule has 0 saturated carbocycles. The molecule has 0 aliphatic carbocycles. The lowest BCUT2D eigenvalue weighted by Gasteiger charge is -2.19. The molecule has 0 saturated heterocycles. The third-order valence-corrected chi connectivity index (χ3v) is 5.70. The largest absolute Gasteiger partial charge is 0.467 e. The molecule has 1 aromatic carbocycles. The SMILES string of the molecule is C/C(N)=C(/C#N)C(=O)CSc1nnc(-c2ccc(C(C)(C)C)cc2)n1Cc1ccco1. The second-order valence-corrected chi connectivity index (χ2v) is 9.12. The van der Waals surface area contributed by atoms with E-state index in [4.69, 9.17) is 15.4 Å². The number of Topliss-reactive ketones (excluding diaryl/α,β-unsaturated/α-hetero) is 1. The lowest BCUT2D eigenvalue weighted by atomic mass is 9.87. The predicted molar refractivity (Wildman–Crippen MR) is 120 cm³/mol. The van der Waals surface area contributed by atoms with Crippen LogP contribution in [0.15, 0.2) is 63.5 Å². The van der Waals surface area contributed by atoms with Gasteiger partial charge in [0.25, 0.3) is 0 Å². The van der Waals surface area contributed by atoms with Gasteiger partial charge in [-0.3, -0.25) is 9.36 Å². The van der Waals surface area contributed by atoms with Crippen LogP contribution in [0, 0.1) is 11.3 Å². The molecule has 31 heavy (non-hydrogen) atoms. The molecule has 0 aliphatic heterocycles. The van der Waals surface area contributed by atoms with Crippen molar-refractivity contribution in [3.8, 4) is 17.5 Å². The number of allylic oxidation sites excluding steroid dienone is 2. The molecule has 0 spiro atoms. The first-order chi connectivity index (χ1) is 14.7. The fourth-order valence-corrected chi connectivity index (χ4v) is 3.81. The molecule has 0 amide bonds. The van der Waals surface area contributed by atoms with E-state index in [0.717, 1.165) is 11.3 Å². The number of carbonyl (C=O) groups excluding carboxylic acids is 1. The number of furan rings is 1. The van der Waals surface area contributed by atoms with Crippen LogP contribution in [-0.4, -0.2) is 26.3 Å². The Balaban J connectivity index is 1.92. The molecule has 2 aromatic heterocycles. The van der Waals surface area contributed by atoms with Crippen molar-refractivity contribution in [3.63, 3.8) is 0 Å². The number of nitrogens with two attached hydrogens (primary N) is 1. The number of aromatic nitrogens is 3. The summed E-state index contributed by atoms with van der Waals surface area (Å²) in [4.78, 5) is 12.4. The first-order valence-electron chi connectivity index (χ1n) is 9.79. The zero-order valence-corrected chi connectivity index (χ0v) is 18.9. The van der Waals surface area contributed by atoms with Gasteiger partial charge in [-0.25, -0.2) is 0 Å². The van der Waals surface area contributed by atoms with Gasteiger partial charge >= 0.3 is 0 Å². The van der Waals surface area contributed by atoms with Crippen molar-refractivity contribution in [2.45, 2.75) is 44.8 Å². The number of hydrogen-bond donors (Lipinski definition) is 1. The fraction of sp³-hybridized carbons (Fsp3) is 0.304. The lowest BCUT2D eigenvalue weighted by molar-refractivity contribution is -0.112. The minimum absolute atomic E-state index is 0.0254. The van der Waals surface area contributed by atoms with Gasteiger partial charge in [0, 0.05) is 11.3 Å². The molecule has 0 fully saturated rings. The van der Waals surface area contributed by atoms with Crippen LogP contribution in [-0.2, 0) is 16.8 Å². The standard InChI is InChI=1S/C23H25N5O2S/c1-15(25)19(12-24)20(29)14-31-22-27-26-21(28(22)13-18-6-5-11-30-18)16-7-9-17(10-8-16)23(2,3)4/h5-11H,13-14,25H2,1-4H3/b19-15+. The number of thioether (sulfide) groups is 1. The van der Waals surface area contributed by atoms with Gasteiger partial charge in [-0.05, 0) is 30.0 Å². The van der Waals surface area contributed by atoms with Crippen LogP contribution in [0.5, 0.6) is 0 Å². The van der Waals surface area contributed by atoms with Gasteiger partial charge in [0.05, 0.1) is 18.6 Å². The van der Waals surface area contributed by atoms with Gasteiger partial charge in [-0.15, -0.1) is 10.2 Å². The van der Waals surface area contributed by atoms with Crippen LogP contribution in [0.2, 0.25) is 0 Å². The van der Waals surface area contributed by atoms with E-state index in [1.54, 1.807) is 13.2 Å². The molecule has 0 bridgehead atoms. The molecule has 0 aliphatic rings. The average molecular weight is 436 g/mol. The van der Waals surface area contributed by atoms with Gasteiger partial charge in [0.1, 0.15) is 17.4 Å². The van der Waals surface area contributed by atoms with E-state index >= 15 is 0 Å². The topological polar surface area (TPSA) is 111 Å². The summed E-state index contributed by atoms with van der Waals surface area (Å²) in [6.45, 7) is 8.46. The Morgan fingerprint density at radius 3 is 2.48 bits per heavy atom. The van der Waals surface area contributed by atoms with Crippen LogP contribution < -0.4 is 5.73 Å². The summed E-state index contributed by atoms with van der Waals surface area (Å²) in [7, 11) is 0. The van der Waals surface area contributed by atoms with Crippen molar-refractivity contribution < 1.29 is 9.21 Å². The maximum absolute atomic E-state index is 12.4. The first-order valence-corrected chi connectivity index (χ1v) is 10.8. The van der Waals surface area contributed by atoms with Crippen LogP contribution in [0.1, 0.15) is 39.0 Å². The zero-order valence-electron chi connectivity index (χ0n) is 18.0. The van der Waals surface area contributed by atoms with Gasteiger partial charge in [0.15, 0.2) is 16.8 Å². The van der Waals surface area contributed by atoms with Crippen molar-refractivity contribution in [2.24, 2.45) is 5.73 Å². The number of nitriles is 1. The van der Waals surface area contributed by atoms with Crippen LogP contribution in [0.25, 0.3) is 11.4 Å². The third kappa shape index (κ3) is 5.25. The monoisotopic (exact) mass is 435 g/mol. The first kappa shape index (κ1) is 22.4. The summed E-state index contributed by atoms with van der Waals surface area (Å²) in [5.41, 5.74) is 8.02. The lowest BCUT2D eigenvalue weighted by Crippen LogP contribution is -2.11. The highest BCUT2D eigenvalue weighted by atomic mass is 32.2. The molecule has 0 atom stereocenters. The molecule has 0 unspecified atom stereocenters. The van der Waals surface area contributed by atoms with E-state index in [1.165, 1.54) is 17.3 Å². The van der Waals surface area contributed by atoms with E-state index in [-0.39, 0.29) is 28.2 Å². The van der Waals surface area contributed by atoms with E-state index < -0.39 is 0 Å². The number of ketones is 1. The molecule has 8 heteroatoms. The Bertz CT molecular complexity index is 1130. The predicted octanol–water partition coefficient (Wildman–Crippen LogP) is 4.30. The zero-order chi connectivity index (χ0) is 22.6. The second kappa shape index (κ2) is 9.23. The Labute approximate surface area is 186 Å². The highest BCUT2D eigenvalue weighted by molar-refractivity contribution is 7.99. The van der Waals surface area contributed by atoms with Crippen LogP contribution in [0.3, 0.4) is 0 Å². The maximum Gasteiger partial charge on any atom is 0.192 e. The second-order valence-electron chi connectivity index (χ2n) is 8.18. The van der Waals surface area contributed by atoms with E-state index in [2.05, 4.69) is 43.1 Å². The molecule has 160 valence electrons. The highest BCUT2D eigenvalue weighted by Gasteiger charge is 2.20. The van der Waals surface area contributed by atoms with Crippen molar-refractivity contribution in [3.05, 3.63) is 65.3 Å². The summed E-state index contributed by atoms with van der Waals surface area (Å²) < 4.78 is 7.42. The van der Waals surface area contributed by atoms with E-state index in [1.807, 2.05) is 34.9 Å². The molecule has 2 heterocycles. The van der Waals surface area contributed by atoms with Gasteiger partial charge in [-0.1, -0.05) is 56.8 Å². The average Bonchev–Trinajstić information content (AvgIpc) is 3.36. The fourth-order valence-electron chi connectivity index (χ4n) is 3.00. The van der Waals surface area contributed by atoms with Crippen molar-refractivity contribution in [1.82, 2.24) is 14.8 Å². The van der Waals surface area contributed by atoms with E-state index in [9.17, 15) is 4.79 Å². The van der Waals surface area contributed by atoms with Gasteiger partial charge in [-0.2, -0.15) is 5.26 Å². The summed E-state index contributed by atoms with van der Waals surface area (Å²) >= 11 is 1.22. The van der Waals surface area contributed by atoms with Gasteiger partial charge < -0.3 is 10.2 Å². The normalized spacial score (nSPS) is 12.4. The minimum atomic E-state index is -0.337. The summed E-state index contributed by atoms with van der Waals surface area (Å²) in [5, 5.41) is 18.4. The summed E-state index contributed by atoms with van der Waals surface area (Å²) in [5.74, 6) is 1.13. The molecule has 0 radical (unpaired) electrons. The molecule has 3 aromatic rings. The minimum Gasteiger partial charge on any atom is -0.467 e. The van der Waals surface area contributed by atoms with Crippen LogP contribution in [0.4, 0.5) is 0 Å². The number of hydrogen-bond acceptors (Lipinski definition) is 7. The molecular formula is C23H25N5O2S. The third-order valence-electron chi connectivity index (χ3n) is 4.74. The molecule has 2 N–H and O–H groups in total. The number of benzene rings is 1. The van der Waals surface area contributed by atoms with Crippen molar-refractivity contribution in [1.29, 1.82) is 5.26 Å². The Morgan fingerprint density at radius 2 is 1.94 bits per heavy atom. The molecule has 3 rings (SSSR count). The number of nitrogens with zero attached hydrogens (tertiary/aromatic N) is 4. The molecular weight excluding hydrogens is 410 g/mol. The summed E-state index contributed by atoms with van der Waals surface area (Å²) in [6.07, 6.45) is 1.61. The van der Waals surface area contributed by atoms with Crippen molar-refractivity contribution >= 4 is 17.5 Å². The molecule has 7 nitrogen and oxygen atoms in total. The smallest absolute Gasteiger partial charge is 0.192 e. The quantitative estimate of drug-likeness (QED) is 0.334. The van der Waals surface area contributed by atoms with Crippen LogP contribution >= 0.6 is 11.8 Å². The maximum atomic E-state index is 12.4. The van der Waals surface area contributed by atoms with Crippen molar-refractivity contribution in [2.75, 3.05) is 5.75 Å². The van der Waals surface area contributed by atoms with Gasteiger partial charge in [0.2, 0.25) is 0 Å². The highest BCUT2D eigenvalue weighted by Crippen LogP contribution is 2.28. The Hall–Kier alpha value is -3.31.